The van der Waals surface area contributed by atoms with E-state index in [1.165, 1.54) is 0 Å². The molecule has 3 rings (SSSR count). The molecule has 1 saturated heterocycles. The van der Waals surface area contributed by atoms with Gasteiger partial charge >= 0.3 is 0 Å². The third-order valence-corrected chi connectivity index (χ3v) is 4.84. The number of rotatable bonds is 3. The van der Waals surface area contributed by atoms with Crippen molar-refractivity contribution in [3.63, 3.8) is 0 Å². The van der Waals surface area contributed by atoms with Gasteiger partial charge in [-0.2, -0.15) is 5.26 Å². The Bertz CT molecular complexity index is 501. The van der Waals surface area contributed by atoms with Crippen molar-refractivity contribution in [3.8, 4) is 11.8 Å². The van der Waals surface area contributed by atoms with Gasteiger partial charge in [0.15, 0.2) is 0 Å². The lowest BCUT2D eigenvalue weighted by Gasteiger charge is -2.55. The maximum absolute atomic E-state index is 9.66. The molecule has 0 atom stereocenters. The molecule has 2 aliphatic rings. The van der Waals surface area contributed by atoms with Crippen molar-refractivity contribution in [2.24, 2.45) is 5.41 Å². The summed E-state index contributed by atoms with van der Waals surface area (Å²) in [7, 11) is 0. The van der Waals surface area contributed by atoms with E-state index >= 15 is 0 Å². The molecule has 20 heavy (non-hydrogen) atoms. The van der Waals surface area contributed by atoms with Crippen LogP contribution < -0.4 is 4.74 Å². The predicted octanol–water partition coefficient (Wildman–Crippen LogP) is 3.44. The number of ether oxygens (including phenoxy) is 2. The summed E-state index contributed by atoms with van der Waals surface area (Å²) in [6, 6.07) is 10.6. The molecule has 0 amide bonds. The highest BCUT2D eigenvalue weighted by Gasteiger charge is 2.55. The fourth-order valence-corrected chi connectivity index (χ4v) is 3.77. The largest absolute Gasteiger partial charge is 0.494 e. The van der Waals surface area contributed by atoms with Gasteiger partial charge in [-0.25, -0.2) is 0 Å². The van der Waals surface area contributed by atoms with E-state index in [0.29, 0.717) is 12.0 Å². The highest BCUT2D eigenvalue weighted by atomic mass is 16.5. The van der Waals surface area contributed by atoms with Gasteiger partial charge in [0, 0.05) is 13.2 Å². The molecule has 106 valence electrons. The van der Waals surface area contributed by atoms with Crippen LogP contribution in [0.3, 0.4) is 0 Å². The second-order valence-corrected chi connectivity index (χ2v) is 6.12. The van der Waals surface area contributed by atoms with Crippen LogP contribution in [0.15, 0.2) is 24.3 Å². The zero-order valence-electron chi connectivity index (χ0n) is 12.0. The van der Waals surface area contributed by atoms with E-state index in [-0.39, 0.29) is 5.41 Å². The van der Waals surface area contributed by atoms with Gasteiger partial charge in [0.2, 0.25) is 0 Å². The van der Waals surface area contributed by atoms with E-state index in [0.717, 1.165) is 50.2 Å². The van der Waals surface area contributed by atoms with Crippen molar-refractivity contribution in [2.45, 2.75) is 38.0 Å². The normalized spacial score (nSPS) is 22.8. The van der Waals surface area contributed by atoms with Crippen molar-refractivity contribution >= 4 is 0 Å². The minimum Gasteiger partial charge on any atom is -0.494 e. The van der Waals surface area contributed by atoms with E-state index < -0.39 is 0 Å². The fourth-order valence-electron chi connectivity index (χ4n) is 3.77. The van der Waals surface area contributed by atoms with Crippen LogP contribution in [0.2, 0.25) is 0 Å². The molecule has 1 heterocycles. The Hall–Kier alpha value is -1.53. The van der Waals surface area contributed by atoms with Crippen LogP contribution in [0.25, 0.3) is 0 Å². The van der Waals surface area contributed by atoms with Gasteiger partial charge in [0.05, 0.1) is 18.1 Å². The first-order valence-corrected chi connectivity index (χ1v) is 7.44. The summed E-state index contributed by atoms with van der Waals surface area (Å²) in [5.41, 5.74) is 1.20. The summed E-state index contributed by atoms with van der Waals surface area (Å²) in [4.78, 5) is 0. The highest BCUT2D eigenvalue weighted by molar-refractivity contribution is 5.40. The lowest BCUT2D eigenvalue weighted by atomic mass is 9.48. The van der Waals surface area contributed by atoms with Crippen LogP contribution in [0.5, 0.6) is 5.75 Å². The number of nitrogens with zero attached hydrogens (tertiary/aromatic N) is 1. The molecule has 0 unspecified atom stereocenters. The summed E-state index contributed by atoms with van der Waals surface area (Å²) >= 11 is 0. The molecule has 1 saturated carbocycles. The van der Waals surface area contributed by atoms with Crippen LogP contribution in [0.4, 0.5) is 0 Å². The molecule has 2 fully saturated rings. The van der Waals surface area contributed by atoms with E-state index in [9.17, 15) is 5.26 Å². The fraction of sp³-hybridized carbons (Fsp3) is 0.588. The van der Waals surface area contributed by atoms with Crippen LogP contribution in [0, 0.1) is 16.7 Å². The van der Waals surface area contributed by atoms with Crippen molar-refractivity contribution in [1.82, 2.24) is 0 Å². The van der Waals surface area contributed by atoms with E-state index in [1.807, 2.05) is 19.1 Å². The van der Waals surface area contributed by atoms with E-state index in [4.69, 9.17) is 9.47 Å². The summed E-state index contributed by atoms with van der Waals surface area (Å²) in [5, 5.41) is 9.66. The summed E-state index contributed by atoms with van der Waals surface area (Å²) < 4.78 is 10.9. The van der Waals surface area contributed by atoms with Crippen molar-refractivity contribution < 1.29 is 9.47 Å². The van der Waals surface area contributed by atoms with Gasteiger partial charge in [-0.05, 0) is 55.7 Å². The maximum atomic E-state index is 9.66. The van der Waals surface area contributed by atoms with Gasteiger partial charge in [-0.1, -0.05) is 12.1 Å². The van der Waals surface area contributed by atoms with Crippen LogP contribution >= 0.6 is 0 Å². The molecule has 0 radical (unpaired) electrons. The van der Waals surface area contributed by atoms with Crippen LogP contribution in [-0.2, 0) is 10.2 Å². The molecule has 1 aliphatic heterocycles. The molecular weight excluding hydrogens is 250 g/mol. The Labute approximate surface area is 120 Å². The van der Waals surface area contributed by atoms with Crippen molar-refractivity contribution in [2.75, 3.05) is 19.8 Å². The highest BCUT2D eigenvalue weighted by Crippen LogP contribution is 2.60. The third kappa shape index (κ3) is 2.19. The zero-order valence-corrected chi connectivity index (χ0v) is 12.0. The topological polar surface area (TPSA) is 42.2 Å². The molecule has 3 nitrogen and oxygen atoms in total. The average Bonchev–Trinajstić information content (AvgIpc) is 2.46. The summed E-state index contributed by atoms with van der Waals surface area (Å²) in [5.74, 6) is 0.879. The smallest absolute Gasteiger partial charge is 0.119 e. The molecule has 1 aliphatic carbocycles. The Balaban J connectivity index is 1.76. The number of nitriles is 1. The van der Waals surface area contributed by atoms with Gasteiger partial charge < -0.3 is 9.47 Å². The number of hydrogen-bond acceptors (Lipinski definition) is 3. The van der Waals surface area contributed by atoms with Crippen LogP contribution in [-0.4, -0.2) is 19.8 Å². The first-order valence-electron chi connectivity index (χ1n) is 7.44. The zero-order chi connectivity index (χ0) is 14.1. The molecule has 1 spiro atoms. The molecule has 0 aromatic heterocycles. The molecule has 1 aromatic rings. The second kappa shape index (κ2) is 5.10. The SMILES string of the molecule is CCOc1ccc(C2(C#N)CC3(CCOCC3)C2)cc1. The lowest BCUT2D eigenvalue weighted by Crippen LogP contribution is -2.51. The minimum absolute atomic E-state index is 0.290. The monoisotopic (exact) mass is 271 g/mol. The van der Waals surface area contributed by atoms with E-state index in [1.54, 1.807) is 0 Å². The predicted molar refractivity (Wildman–Crippen MR) is 76.6 cm³/mol. The number of hydrogen-bond donors (Lipinski definition) is 0. The first-order chi connectivity index (χ1) is 9.72. The molecule has 3 heteroatoms. The third-order valence-electron chi connectivity index (χ3n) is 4.84. The van der Waals surface area contributed by atoms with Crippen LogP contribution in [0.1, 0.15) is 38.2 Å². The maximum Gasteiger partial charge on any atom is 0.119 e. The van der Waals surface area contributed by atoms with Crippen molar-refractivity contribution in [3.05, 3.63) is 29.8 Å². The van der Waals surface area contributed by atoms with Gasteiger partial charge in [0.25, 0.3) is 0 Å². The molecule has 0 N–H and O–H groups in total. The van der Waals surface area contributed by atoms with Crippen molar-refractivity contribution in [1.29, 1.82) is 5.26 Å². The average molecular weight is 271 g/mol. The Morgan fingerprint density at radius 2 is 1.85 bits per heavy atom. The number of benzene rings is 1. The van der Waals surface area contributed by atoms with Gasteiger partial charge in [-0.15, -0.1) is 0 Å². The lowest BCUT2D eigenvalue weighted by molar-refractivity contribution is -0.0578. The Morgan fingerprint density at radius 3 is 2.40 bits per heavy atom. The quantitative estimate of drug-likeness (QED) is 0.845. The molecule has 0 bridgehead atoms. The Kier molecular flexibility index (Phi) is 3.43. The van der Waals surface area contributed by atoms with Gasteiger partial charge in [-0.3, -0.25) is 0 Å². The van der Waals surface area contributed by atoms with Gasteiger partial charge in [0.1, 0.15) is 5.75 Å². The molecule has 1 aromatic carbocycles. The standard InChI is InChI=1S/C17H21NO2/c1-2-20-15-5-3-14(4-6-15)17(13-18)11-16(12-17)7-9-19-10-8-16/h3-6H,2,7-12H2,1H3. The molecular formula is C17H21NO2. The summed E-state index contributed by atoms with van der Waals surface area (Å²) in [6.45, 7) is 4.35. The Morgan fingerprint density at radius 1 is 1.20 bits per heavy atom. The first kappa shape index (κ1) is 13.5. The minimum atomic E-state index is -0.290. The summed E-state index contributed by atoms with van der Waals surface area (Å²) in [6.07, 6.45) is 4.17. The second-order valence-electron chi connectivity index (χ2n) is 6.12. The van der Waals surface area contributed by atoms with E-state index in [2.05, 4.69) is 18.2 Å².